The van der Waals surface area contributed by atoms with E-state index in [4.69, 9.17) is 4.74 Å². The van der Waals surface area contributed by atoms with E-state index in [0.717, 1.165) is 56.6 Å². The Morgan fingerprint density at radius 1 is 1.16 bits per heavy atom. The molecule has 1 amide bonds. The van der Waals surface area contributed by atoms with Crippen molar-refractivity contribution in [1.29, 1.82) is 0 Å². The lowest BCUT2D eigenvalue weighted by Crippen LogP contribution is -2.44. The van der Waals surface area contributed by atoms with Crippen molar-refractivity contribution < 1.29 is 9.53 Å². The van der Waals surface area contributed by atoms with Crippen LogP contribution in [-0.2, 0) is 21.4 Å². The first kappa shape index (κ1) is 18.3. The molecule has 0 bridgehead atoms. The zero-order chi connectivity index (χ0) is 17.9. The molecule has 0 N–H and O–H groups in total. The van der Waals surface area contributed by atoms with Gasteiger partial charge in [0.2, 0.25) is 5.91 Å². The summed E-state index contributed by atoms with van der Waals surface area (Å²) in [6.45, 7) is 9.44. The number of morpholine rings is 1. The van der Waals surface area contributed by atoms with Gasteiger partial charge in [-0.25, -0.2) is 9.97 Å². The lowest BCUT2D eigenvalue weighted by molar-refractivity contribution is -0.141. The van der Waals surface area contributed by atoms with Crippen LogP contribution < -0.4 is 0 Å². The fourth-order valence-corrected chi connectivity index (χ4v) is 3.87. The third-order valence-electron chi connectivity index (χ3n) is 5.51. The number of aromatic nitrogens is 2. The summed E-state index contributed by atoms with van der Waals surface area (Å²) in [6, 6.07) is 2.16. The maximum Gasteiger partial charge on any atom is 0.225 e. The third-order valence-corrected chi connectivity index (χ3v) is 5.51. The Kier molecular flexibility index (Phi) is 5.72. The number of amides is 1. The SMILES string of the molecule is CC(C)(C)c1cc(CC2CCC(C(=O)N3CCOCC3)CC2)ncn1. The Morgan fingerprint density at radius 3 is 2.48 bits per heavy atom. The number of rotatable bonds is 3. The van der Waals surface area contributed by atoms with Crippen LogP contribution in [-0.4, -0.2) is 47.1 Å². The summed E-state index contributed by atoms with van der Waals surface area (Å²) in [6.07, 6.45) is 6.97. The number of carbonyl (C=O) groups excluding carboxylic acids is 1. The zero-order valence-corrected chi connectivity index (χ0v) is 15.8. The minimum absolute atomic E-state index is 0.0555. The quantitative estimate of drug-likeness (QED) is 0.845. The number of nitrogens with zero attached hydrogens (tertiary/aromatic N) is 3. The molecule has 5 heteroatoms. The van der Waals surface area contributed by atoms with Gasteiger partial charge in [0, 0.05) is 35.8 Å². The zero-order valence-electron chi connectivity index (χ0n) is 15.8. The van der Waals surface area contributed by atoms with Gasteiger partial charge in [0.1, 0.15) is 6.33 Å². The molecular formula is C20H31N3O2. The average molecular weight is 345 g/mol. The first-order valence-corrected chi connectivity index (χ1v) is 9.61. The summed E-state index contributed by atoms with van der Waals surface area (Å²) < 4.78 is 5.35. The summed E-state index contributed by atoms with van der Waals surface area (Å²) in [7, 11) is 0. The first-order valence-electron chi connectivity index (χ1n) is 9.61. The van der Waals surface area contributed by atoms with Crippen LogP contribution in [0.15, 0.2) is 12.4 Å². The summed E-state index contributed by atoms with van der Waals surface area (Å²) in [4.78, 5) is 23.5. The second-order valence-corrected chi connectivity index (χ2v) is 8.50. The first-order chi connectivity index (χ1) is 11.9. The van der Waals surface area contributed by atoms with E-state index in [1.807, 2.05) is 4.90 Å². The van der Waals surface area contributed by atoms with Crippen molar-refractivity contribution in [1.82, 2.24) is 14.9 Å². The minimum atomic E-state index is 0.0555. The Hall–Kier alpha value is -1.49. The summed E-state index contributed by atoms with van der Waals surface area (Å²) >= 11 is 0. The van der Waals surface area contributed by atoms with Gasteiger partial charge in [-0.2, -0.15) is 0 Å². The lowest BCUT2D eigenvalue weighted by Gasteiger charge is -2.34. The van der Waals surface area contributed by atoms with Crippen LogP contribution in [0.5, 0.6) is 0 Å². The molecule has 25 heavy (non-hydrogen) atoms. The molecule has 0 atom stereocenters. The molecular weight excluding hydrogens is 314 g/mol. The molecule has 2 heterocycles. The van der Waals surface area contributed by atoms with Crippen molar-refractivity contribution in [2.45, 2.75) is 58.3 Å². The maximum absolute atomic E-state index is 12.6. The summed E-state index contributed by atoms with van der Waals surface area (Å²) in [5.41, 5.74) is 2.30. The van der Waals surface area contributed by atoms with Gasteiger partial charge < -0.3 is 9.64 Å². The minimum Gasteiger partial charge on any atom is -0.378 e. The van der Waals surface area contributed by atoms with Crippen molar-refractivity contribution in [2.75, 3.05) is 26.3 Å². The van der Waals surface area contributed by atoms with Gasteiger partial charge in [-0.1, -0.05) is 20.8 Å². The number of ether oxygens (including phenoxy) is 1. The van der Waals surface area contributed by atoms with Gasteiger partial charge in [-0.05, 0) is 44.1 Å². The monoisotopic (exact) mass is 345 g/mol. The van der Waals surface area contributed by atoms with Crippen molar-refractivity contribution >= 4 is 5.91 Å². The highest BCUT2D eigenvalue weighted by molar-refractivity contribution is 5.79. The third kappa shape index (κ3) is 4.78. The highest BCUT2D eigenvalue weighted by Crippen LogP contribution is 2.32. The van der Waals surface area contributed by atoms with E-state index in [-0.39, 0.29) is 11.3 Å². The Balaban J connectivity index is 1.52. The van der Waals surface area contributed by atoms with Crippen LogP contribution >= 0.6 is 0 Å². The van der Waals surface area contributed by atoms with Crippen LogP contribution in [0, 0.1) is 11.8 Å². The smallest absolute Gasteiger partial charge is 0.225 e. The fraction of sp³-hybridized carbons (Fsp3) is 0.750. The topological polar surface area (TPSA) is 55.3 Å². The van der Waals surface area contributed by atoms with Crippen molar-refractivity contribution in [3.63, 3.8) is 0 Å². The van der Waals surface area contributed by atoms with Crippen molar-refractivity contribution in [3.05, 3.63) is 23.8 Å². The van der Waals surface area contributed by atoms with E-state index >= 15 is 0 Å². The fourth-order valence-electron chi connectivity index (χ4n) is 3.87. The molecule has 0 radical (unpaired) electrons. The standard InChI is InChI=1S/C20H31N3O2/c1-20(2,3)18-13-17(21-14-22-18)12-15-4-6-16(7-5-15)19(24)23-8-10-25-11-9-23/h13-16H,4-12H2,1-3H3. The predicted octanol–water partition coefficient (Wildman–Crippen LogP) is 2.98. The van der Waals surface area contributed by atoms with Crippen molar-refractivity contribution in [3.8, 4) is 0 Å². The molecule has 138 valence electrons. The van der Waals surface area contributed by atoms with Gasteiger partial charge in [0.25, 0.3) is 0 Å². The van der Waals surface area contributed by atoms with E-state index in [2.05, 4.69) is 36.8 Å². The van der Waals surface area contributed by atoms with Crippen LogP contribution in [0.4, 0.5) is 0 Å². The largest absolute Gasteiger partial charge is 0.378 e. The van der Waals surface area contributed by atoms with E-state index in [1.54, 1.807) is 6.33 Å². The molecule has 1 aromatic rings. The molecule has 5 nitrogen and oxygen atoms in total. The molecule has 1 aliphatic carbocycles. The van der Waals surface area contributed by atoms with E-state index in [9.17, 15) is 4.79 Å². The molecule has 0 spiro atoms. The Labute approximate surface area is 151 Å². The highest BCUT2D eigenvalue weighted by atomic mass is 16.5. The van der Waals surface area contributed by atoms with Crippen molar-refractivity contribution in [2.24, 2.45) is 11.8 Å². The molecule has 3 rings (SSSR count). The van der Waals surface area contributed by atoms with E-state index < -0.39 is 0 Å². The average Bonchev–Trinajstić information content (AvgIpc) is 2.62. The van der Waals surface area contributed by atoms with Crippen LogP contribution in [0.3, 0.4) is 0 Å². The van der Waals surface area contributed by atoms with E-state index in [1.165, 1.54) is 0 Å². The van der Waals surface area contributed by atoms with E-state index in [0.29, 0.717) is 25.0 Å². The predicted molar refractivity (Wildman–Crippen MR) is 97.3 cm³/mol. The van der Waals surface area contributed by atoms with Crippen LogP contribution in [0.2, 0.25) is 0 Å². The molecule has 2 fully saturated rings. The maximum atomic E-state index is 12.6. The number of hydrogen-bond acceptors (Lipinski definition) is 4. The molecule has 0 unspecified atom stereocenters. The molecule has 1 aromatic heterocycles. The molecule has 1 saturated heterocycles. The number of carbonyl (C=O) groups is 1. The second-order valence-electron chi connectivity index (χ2n) is 8.50. The van der Waals surface area contributed by atoms with Crippen LogP contribution in [0.25, 0.3) is 0 Å². The summed E-state index contributed by atoms with van der Waals surface area (Å²) in [5, 5.41) is 0. The Bertz CT molecular complexity index is 583. The van der Waals surface area contributed by atoms with Gasteiger partial charge in [-0.15, -0.1) is 0 Å². The van der Waals surface area contributed by atoms with Gasteiger partial charge in [-0.3, -0.25) is 4.79 Å². The van der Waals surface area contributed by atoms with Gasteiger partial charge in [0.05, 0.1) is 13.2 Å². The van der Waals surface area contributed by atoms with Crippen LogP contribution in [0.1, 0.15) is 57.8 Å². The highest BCUT2D eigenvalue weighted by Gasteiger charge is 2.30. The van der Waals surface area contributed by atoms with Gasteiger partial charge in [0.15, 0.2) is 0 Å². The summed E-state index contributed by atoms with van der Waals surface area (Å²) in [5.74, 6) is 1.19. The van der Waals surface area contributed by atoms with Gasteiger partial charge >= 0.3 is 0 Å². The second kappa shape index (κ2) is 7.81. The number of hydrogen-bond donors (Lipinski definition) is 0. The normalized spacial score (nSPS) is 25.0. The lowest BCUT2D eigenvalue weighted by atomic mass is 9.79. The molecule has 1 saturated carbocycles. The molecule has 1 aliphatic heterocycles. The molecule has 0 aromatic carbocycles. The Morgan fingerprint density at radius 2 is 1.84 bits per heavy atom. The molecule has 2 aliphatic rings.